The Morgan fingerprint density at radius 3 is 2.37 bits per heavy atom. The van der Waals surface area contributed by atoms with Crippen molar-refractivity contribution in [2.24, 2.45) is 13.0 Å². The largest absolute Gasteiger partial charge is 0.486 e. The summed E-state index contributed by atoms with van der Waals surface area (Å²) in [5.74, 6) is 1.19. The summed E-state index contributed by atoms with van der Waals surface area (Å²) in [4.78, 5) is 19.5. The first-order valence-electron chi connectivity index (χ1n) is 10.2. The maximum absolute atomic E-state index is 12.7. The van der Waals surface area contributed by atoms with E-state index in [-0.39, 0.29) is 17.2 Å². The summed E-state index contributed by atoms with van der Waals surface area (Å²) in [7, 11) is -1.41. The van der Waals surface area contributed by atoms with Gasteiger partial charge in [0.2, 0.25) is 15.8 Å². The molecule has 3 heterocycles. The zero-order valence-electron chi connectivity index (χ0n) is 17.5. The maximum atomic E-state index is 12.7. The molecule has 0 N–H and O–H groups in total. The summed E-state index contributed by atoms with van der Waals surface area (Å²) < 4.78 is 32.1. The Morgan fingerprint density at radius 1 is 1.13 bits per heavy atom. The third kappa shape index (κ3) is 4.58. The van der Waals surface area contributed by atoms with Crippen molar-refractivity contribution in [3.8, 4) is 5.75 Å². The van der Waals surface area contributed by atoms with Gasteiger partial charge in [-0.3, -0.25) is 14.3 Å². The van der Waals surface area contributed by atoms with Crippen molar-refractivity contribution in [1.82, 2.24) is 18.8 Å². The Labute approximate surface area is 177 Å². The predicted molar refractivity (Wildman–Crippen MR) is 114 cm³/mol. The normalized spacial score (nSPS) is 18.5. The van der Waals surface area contributed by atoms with Crippen molar-refractivity contribution < 1.29 is 13.2 Å². The molecule has 0 unspecified atom stereocenters. The predicted octanol–water partition coefficient (Wildman–Crippen LogP) is 1.35. The summed E-state index contributed by atoms with van der Waals surface area (Å²) in [6, 6.07) is 8.37. The van der Waals surface area contributed by atoms with Gasteiger partial charge in [0.05, 0.1) is 25.6 Å². The van der Waals surface area contributed by atoms with Gasteiger partial charge in [-0.25, -0.2) is 17.7 Å². The van der Waals surface area contributed by atoms with E-state index in [1.54, 1.807) is 11.6 Å². The number of hydrogen-bond donors (Lipinski definition) is 0. The second kappa shape index (κ2) is 8.49. The molecular formula is C21H28N4O4S. The highest BCUT2D eigenvalue weighted by Gasteiger charge is 2.26. The molecule has 8 nitrogen and oxygen atoms in total. The maximum Gasteiger partial charge on any atom is 0.295 e. The molecule has 2 aliphatic heterocycles. The first kappa shape index (κ1) is 21.0. The molecule has 0 spiro atoms. The van der Waals surface area contributed by atoms with Crippen LogP contribution in [0, 0.1) is 5.92 Å². The Hall–Kier alpha value is -2.23. The molecule has 1 aromatic heterocycles. The smallest absolute Gasteiger partial charge is 0.295 e. The molecular weight excluding hydrogens is 404 g/mol. The lowest BCUT2D eigenvalue weighted by Gasteiger charge is -2.29. The molecule has 9 heteroatoms. The average molecular weight is 433 g/mol. The van der Waals surface area contributed by atoms with E-state index in [2.05, 4.69) is 22.0 Å². The SMILES string of the molecule is Cn1c(CN2Cc3ccccc3C2)ncc(OCC2CCN(S(C)(=O)=O)CC2)c1=O. The van der Waals surface area contributed by atoms with E-state index in [0.29, 0.717) is 32.1 Å². The first-order chi connectivity index (χ1) is 14.3. The molecule has 30 heavy (non-hydrogen) atoms. The van der Waals surface area contributed by atoms with Crippen LogP contribution >= 0.6 is 0 Å². The van der Waals surface area contributed by atoms with Crippen molar-refractivity contribution in [3.05, 3.63) is 57.8 Å². The Morgan fingerprint density at radius 2 is 1.77 bits per heavy atom. The molecule has 0 aliphatic carbocycles. The van der Waals surface area contributed by atoms with E-state index in [1.807, 2.05) is 12.1 Å². The van der Waals surface area contributed by atoms with Crippen LogP contribution in [-0.2, 0) is 36.7 Å². The number of hydrogen-bond acceptors (Lipinski definition) is 6. The van der Waals surface area contributed by atoms with Crippen LogP contribution in [0.5, 0.6) is 5.75 Å². The summed E-state index contributed by atoms with van der Waals surface area (Å²) >= 11 is 0. The highest BCUT2D eigenvalue weighted by atomic mass is 32.2. The quantitative estimate of drug-likeness (QED) is 0.685. The lowest BCUT2D eigenvalue weighted by atomic mass is 9.99. The van der Waals surface area contributed by atoms with Crippen molar-refractivity contribution >= 4 is 10.0 Å². The van der Waals surface area contributed by atoms with Crippen LogP contribution < -0.4 is 10.3 Å². The molecule has 0 radical (unpaired) electrons. The van der Waals surface area contributed by atoms with E-state index in [4.69, 9.17) is 4.74 Å². The van der Waals surface area contributed by atoms with Gasteiger partial charge in [0, 0.05) is 33.2 Å². The van der Waals surface area contributed by atoms with Gasteiger partial charge in [0.25, 0.3) is 5.56 Å². The minimum atomic E-state index is -3.14. The molecule has 0 bridgehead atoms. The number of fused-ring (bicyclic) bond motifs is 1. The topological polar surface area (TPSA) is 84.7 Å². The van der Waals surface area contributed by atoms with Gasteiger partial charge in [-0.15, -0.1) is 0 Å². The van der Waals surface area contributed by atoms with Crippen LogP contribution in [0.2, 0.25) is 0 Å². The molecule has 0 atom stereocenters. The zero-order valence-corrected chi connectivity index (χ0v) is 18.3. The lowest BCUT2D eigenvalue weighted by Crippen LogP contribution is -2.39. The van der Waals surface area contributed by atoms with E-state index in [1.165, 1.54) is 27.9 Å². The molecule has 1 fully saturated rings. The fourth-order valence-electron chi connectivity index (χ4n) is 4.13. The average Bonchev–Trinajstić information content (AvgIpc) is 3.13. The highest BCUT2D eigenvalue weighted by Crippen LogP contribution is 2.23. The fourth-order valence-corrected chi connectivity index (χ4v) is 5.01. The van der Waals surface area contributed by atoms with Gasteiger partial charge in [0.15, 0.2) is 0 Å². The first-order valence-corrected chi connectivity index (χ1v) is 12.1. The van der Waals surface area contributed by atoms with Crippen LogP contribution in [0.3, 0.4) is 0 Å². The number of aromatic nitrogens is 2. The number of rotatable bonds is 6. The van der Waals surface area contributed by atoms with Gasteiger partial charge in [-0.1, -0.05) is 24.3 Å². The van der Waals surface area contributed by atoms with E-state index in [0.717, 1.165) is 25.9 Å². The monoisotopic (exact) mass is 432 g/mol. The number of sulfonamides is 1. The number of ether oxygens (including phenoxy) is 1. The van der Waals surface area contributed by atoms with Crippen molar-refractivity contribution in [2.75, 3.05) is 26.0 Å². The second-order valence-corrected chi connectivity index (χ2v) is 10.2. The lowest BCUT2D eigenvalue weighted by molar-refractivity contribution is 0.182. The molecule has 4 rings (SSSR count). The van der Waals surface area contributed by atoms with E-state index >= 15 is 0 Å². The molecule has 2 aromatic rings. The number of piperidine rings is 1. The van der Waals surface area contributed by atoms with E-state index in [9.17, 15) is 13.2 Å². The van der Waals surface area contributed by atoms with Gasteiger partial charge in [0.1, 0.15) is 5.82 Å². The molecule has 162 valence electrons. The Bertz CT molecular complexity index is 1050. The fraction of sp³-hybridized carbons (Fsp3) is 0.524. The Balaban J connectivity index is 1.34. The van der Waals surface area contributed by atoms with Gasteiger partial charge < -0.3 is 4.74 Å². The van der Waals surface area contributed by atoms with E-state index < -0.39 is 10.0 Å². The molecule has 0 saturated carbocycles. The van der Waals surface area contributed by atoms with Crippen LogP contribution in [0.25, 0.3) is 0 Å². The van der Waals surface area contributed by atoms with Gasteiger partial charge >= 0.3 is 0 Å². The third-order valence-electron chi connectivity index (χ3n) is 6.02. The summed E-state index contributed by atoms with van der Waals surface area (Å²) in [6.07, 6.45) is 4.22. The summed E-state index contributed by atoms with van der Waals surface area (Å²) in [5.41, 5.74) is 2.46. The van der Waals surface area contributed by atoms with Crippen molar-refractivity contribution in [3.63, 3.8) is 0 Å². The Kier molecular flexibility index (Phi) is 5.95. The molecule has 1 aromatic carbocycles. The van der Waals surface area contributed by atoms with Crippen molar-refractivity contribution in [1.29, 1.82) is 0 Å². The number of benzene rings is 1. The molecule has 0 amide bonds. The van der Waals surface area contributed by atoms with Gasteiger partial charge in [-0.05, 0) is 29.9 Å². The molecule has 1 saturated heterocycles. The standard InChI is InChI=1S/C21H28N4O4S/c1-23-20(14-24-12-17-5-3-4-6-18(17)13-24)22-11-19(21(23)26)29-15-16-7-9-25(10-8-16)30(2,27)28/h3-6,11,16H,7-10,12-15H2,1-2H3. The zero-order chi connectivity index (χ0) is 21.3. The van der Waals surface area contributed by atoms with Crippen LogP contribution in [0.4, 0.5) is 0 Å². The number of nitrogens with zero attached hydrogens (tertiary/aromatic N) is 4. The minimum absolute atomic E-state index is 0.190. The van der Waals surface area contributed by atoms with Crippen LogP contribution in [-0.4, -0.2) is 53.1 Å². The summed E-state index contributed by atoms with van der Waals surface area (Å²) in [6.45, 7) is 3.72. The second-order valence-electron chi connectivity index (χ2n) is 8.23. The third-order valence-corrected chi connectivity index (χ3v) is 7.32. The molecule has 2 aliphatic rings. The van der Waals surface area contributed by atoms with Crippen LogP contribution in [0.15, 0.2) is 35.3 Å². The van der Waals surface area contributed by atoms with Crippen molar-refractivity contribution in [2.45, 2.75) is 32.5 Å². The highest BCUT2D eigenvalue weighted by molar-refractivity contribution is 7.88. The summed E-state index contributed by atoms with van der Waals surface area (Å²) in [5, 5.41) is 0. The van der Waals surface area contributed by atoms with Crippen LogP contribution in [0.1, 0.15) is 29.8 Å². The van der Waals surface area contributed by atoms with Gasteiger partial charge in [-0.2, -0.15) is 0 Å². The minimum Gasteiger partial charge on any atom is -0.486 e.